The van der Waals surface area contributed by atoms with Gasteiger partial charge in [0.1, 0.15) is 5.01 Å². The fraction of sp³-hybridized carbons (Fsp3) is 0.474. The highest BCUT2D eigenvalue weighted by atomic mass is 32.2. The Kier molecular flexibility index (Phi) is 7.16. The van der Waals surface area contributed by atoms with Crippen LogP contribution in [0.1, 0.15) is 50.0 Å². The van der Waals surface area contributed by atoms with Crippen molar-refractivity contribution >= 4 is 44.0 Å². The molecule has 1 aromatic heterocycles. The normalized spacial score (nSPS) is 15.2. The van der Waals surface area contributed by atoms with Crippen LogP contribution in [-0.2, 0) is 19.6 Å². The van der Waals surface area contributed by atoms with Crippen LogP contribution in [0.15, 0.2) is 29.2 Å². The summed E-state index contributed by atoms with van der Waals surface area (Å²) in [7, 11) is -2.52. The first-order valence-corrected chi connectivity index (χ1v) is 12.0. The maximum atomic E-state index is 12.7. The predicted molar refractivity (Wildman–Crippen MR) is 115 cm³/mol. The summed E-state index contributed by atoms with van der Waals surface area (Å²) in [6.07, 6.45) is 5.78. The number of carbonyl (C=O) groups is 2. The number of sulfonamides is 1. The van der Waals surface area contributed by atoms with Crippen molar-refractivity contribution in [3.8, 4) is 0 Å². The van der Waals surface area contributed by atoms with Gasteiger partial charge in [0.15, 0.2) is 0 Å². The first kappa shape index (κ1) is 22.3. The van der Waals surface area contributed by atoms with Crippen molar-refractivity contribution in [2.75, 3.05) is 24.2 Å². The predicted octanol–water partition coefficient (Wildman–Crippen LogP) is 2.80. The van der Waals surface area contributed by atoms with Crippen molar-refractivity contribution in [2.24, 2.45) is 0 Å². The van der Waals surface area contributed by atoms with Gasteiger partial charge >= 0.3 is 0 Å². The molecule has 3 rings (SSSR count). The van der Waals surface area contributed by atoms with Gasteiger partial charge in [0.25, 0.3) is 0 Å². The Hall–Kier alpha value is -2.37. The molecule has 0 spiro atoms. The van der Waals surface area contributed by atoms with E-state index in [4.69, 9.17) is 0 Å². The van der Waals surface area contributed by atoms with E-state index in [-0.39, 0.29) is 17.3 Å². The average Bonchev–Trinajstić information content (AvgIpc) is 3.17. The van der Waals surface area contributed by atoms with E-state index in [1.54, 1.807) is 0 Å². The van der Waals surface area contributed by atoms with Crippen LogP contribution in [-0.4, -0.2) is 48.3 Å². The third-order valence-electron chi connectivity index (χ3n) is 4.89. The molecule has 0 radical (unpaired) electrons. The minimum atomic E-state index is -3.86. The molecule has 162 valence electrons. The van der Waals surface area contributed by atoms with E-state index >= 15 is 0 Å². The third kappa shape index (κ3) is 5.61. The SMILES string of the molecule is CC(=O)Nc1ccc(S(=O)(=O)N(C)CC(=O)Nc2nnc(C3CCCCC3)s2)cc1. The van der Waals surface area contributed by atoms with Gasteiger partial charge in [-0.1, -0.05) is 30.6 Å². The number of hydrogen-bond donors (Lipinski definition) is 2. The molecule has 0 aliphatic heterocycles. The van der Waals surface area contributed by atoms with E-state index in [0.717, 1.165) is 22.2 Å². The minimum absolute atomic E-state index is 0.0300. The van der Waals surface area contributed by atoms with Gasteiger partial charge in [0.2, 0.25) is 27.0 Å². The molecule has 0 unspecified atom stereocenters. The van der Waals surface area contributed by atoms with Crippen LogP contribution < -0.4 is 10.6 Å². The Morgan fingerprint density at radius 1 is 1.10 bits per heavy atom. The summed E-state index contributed by atoms with van der Waals surface area (Å²) in [5.74, 6) is -0.338. The number of hydrogen-bond acceptors (Lipinski definition) is 7. The summed E-state index contributed by atoms with van der Waals surface area (Å²) >= 11 is 1.35. The zero-order chi connectivity index (χ0) is 21.7. The zero-order valence-corrected chi connectivity index (χ0v) is 18.6. The third-order valence-corrected chi connectivity index (χ3v) is 7.71. The molecular weight excluding hydrogens is 426 g/mol. The highest BCUT2D eigenvalue weighted by molar-refractivity contribution is 7.89. The number of aromatic nitrogens is 2. The molecule has 1 heterocycles. The average molecular weight is 452 g/mol. The Morgan fingerprint density at radius 3 is 2.40 bits per heavy atom. The maximum Gasteiger partial charge on any atom is 0.243 e. The summed E-state index contributed by atoms with van der Waals surface area (Å²) in [4.78, 5) is 23.4. The van der Waals surface area contributed by atoms with E-state index in [2.05, 4.69) is 20.8 Å². The number of amides is 2. The van der Waals surface area contributed by atoms with Crippen LogP contribution in [0.5, 0.6) is 0 Å². The highest BCUT2D eigenvalue weighted by Crippen LogP contribution is 2.35. The molecule has 11 heteroatoms. The molecule has 0 bridgehead atoms. The lowest BCUT2D eigenvalue weighted by molar-refractivity contribution is -0.116. The van der Waals surface area contributed by atoms with Gasteiger partial charge in [-0.3, -0.25) is 14.9 Å². The first-order chi connectivity index (χ1) is 14.3. The quantitative estimate of drug-likeness (QED) is 0.668. The van der Waals surface area contributed by atoms with Crippen molar-refractivity contribution in [3.63, 3.8) is 0 Å². The molecule has 1 fully saturated rings. The Bertz CT molecular complexity index is 998. The Labute approximate surface area is 179 Å². The molecule has 1 aliphatic carbocycles. The van der Waals surface area contributed by atoms with Crippen LogP contribution in [0.2, 0.25) is 0 Å². The molecule has 1 saturated carbocycles. The zero-order valence-electron chi connectivity index (χ0n) is 16.9. The lowest BCUT2D eigenvalue weighted by Crippen LogP contribution is -2.34. The number of rotatable bonds is 7. The maximum absolute atomic E-state index is 12.7. The summed E-state index contributed by atoms with van der Waals surface area (Å²) in [5, 5.41) is 14.7. The van der Waals surface area contributed by atoms with Gasteiger partial charge in [-0.2, -0.15) is 4.31 Å². The van der Waals surface area contributed by atoms with Gasteiger partial charge in [-0.05, 0) is 37.1 Å². The minimum Gasteiger partial charge on any atom is -0.326 e. The molecule has 2 aromatic rings. The molecule has 0 saturated heterocycles. The van der Waals surface area contributed by atoms with Crippen molar-refractivity contribution in [3.05, 3.63) is 29.3 Å². The molecule has 9 nitrogen and oxygen atoms in total. The van der Waals surface area contributed by atoms with Crippen molar-refractivity contribution in [1.29, 1.82) is 0 Å². The van der Waals surface area contributed by atoms with Crippen LogP contribution in [0, 0.1) is 0 Å². The van der Waals surface area contributed by atoms with Gasteiger partial charge in [-0.25, -0.2) is 8.42 Å². The van der Waals surface area contributed by atoms with Crippen molar-refractivity contribution < 1.29 is 18.0 Å². The van der Waals surface area contributed by atoms with E-state index in [1.165, 1.54) is 68.8 Å². The fourth-order valence-corrected chi connectivity index (χ4v) is 5.39. The number of carbonyl (C=O) groups excluding carboxylic acids is 2. The topological polar surface area (TPSA) is 121 Å². The highest BCUT2D eigenvalue weighted by Gasteiger charge is 2.24. The van der Waals surface area contributed by atoms with Gasteiger partial charge < -0.3 is 5.32 Å². The summed E-state index contributed by atoms with van der Waals surface area (Å²) in [5.41, 5.74) is 0.492. The smallest absolute Gasteiger partial charge is 0.243 e. The monoisotopic (exact) mass is 451 g/mol. The second-order valence-corrected chi connectivity index (χ2v) is 10.3. The number of benzene rings is 1. The standard InChI is InChI=1S/C19H25N5O4S2/c1-13(25)20-15-8-10-16(11-9-15)30(27,28)24(2)12-17(26)21-19-23-22-18(29-19)14-6-4-3-5-7-14/h8-11,14H,3-7,12H2,1-2H3,(H,20,25)(H,21,23,26). The molecule has 1 aliphatic rings. The van der Waals surface area contributed by atoms with Gasteiger partial charge in [0.05, 0.1) is 11.4 Å². The Balaban J connectivity index is 1.59. The number of nitrogens with one attached hydrogen (secondary N) is 2. The van der Waals surface area contributed by atoms with Crippen LogP contribution in [0.25, 0.3) is 0 Å². The van der Waals surface area contributed by atoms with Crippen LogP contribution >= 0.6 is 11.3 Å². The lowest BCUT2D eigenvalue weighted by atomic mass is 9.90. The first-order valence-electron chi connectivity index (χ1n) is 9.73. The molecule has 30 heavy (non-hydrogen) atoms. The fourth-order valence-electron chi connectivity index (χ4n) is 3.34. The van der Waals surface area contributed by atoms with Crippen molar-refractivity contribution in [2.45, 2.75) is 49.8 Å². The van der Waals surface area contributed by atoms with E-state index < -0.39 is 15.9 Å². The molecule has 2 amide bonds. The number of anilines is 2. The van der Waals surface area contributed by atoms with E-state index in [9.17, 15) is 18.0 Å². The molecule has 0 atom stereocenters. The summed E-state index contributed by atoms with van der Waals surface area (Å²) in [6, 6.07) is 5.76. The lowest BCUT2D eigenvalue weighted by Gasteiger charge is -2.18. The summed E-state index contributed by atoms with van der Waals surface area (Å²) < 4.78 is 26.4. The molecule has 1 aromatic carbocycles. The second-order valence-electron chi connectivity index (χ2n) is 7.30. The van der Waals surface area contributed by atoms with E-state index in [0.29, 0.717) is 16.7 Å². The van der Waals surface area contributed by atoms with Crippen molar-refractivity contribution in [1.82, 2.24) is 14.5 Å². The van der Waals surface area contributed by atoms with Gasteiger partial charge in [0, 0.05) is 25.6 Å². The van der Waals surface area contributed by atoms with E-state index in [1.807, 2.05) is 0 Å². The molecule has 2 N–H and O–H groups in total. The van der Waals surface area contributed by atoms with Gasteiger partial charge in [-0.15, -0.1) is 10.2 Å². The second kappa shape index (κ2) is 9.63. The van der Waals surface area contributed by atoms with Crippen LogP contribution in [0.4, 0.5) is 10.8 Å². The number of likely N-dealkylation sites (N-methyl/N-ethyl adjacent to an activating group) is 1. The summed E-state index contributed by atoms with van der Waals surface area (Å²) in [6.45, 7) is 1.02. The Morgan fingerprint density at radius 2 is 1.77 bits per heavy atom. The number of nitrogens with zero attached hydrogens (tertiary/aromatic N) is 3. The molecular formula is C19H25N5O4S2. The van der Waals surface area contributed by atoms with Crippen LogP contribution in [0.3, 0.4) is 0 Å². The largest absolute Gasteiger partial charge is 0.326 e.